The molecule has 0 atom stereocenters. The van der Waals surface area contributed by atoms with E-state index >= 15 is 0 Å². The molecule has 7 heteroatoms. The topological polar surface area (TPSA) is 56.8 Å². The first-order chi connectivity index (χ1) is 11.5. The number of amides is 1. The highest BCUT2D eigenvalue weighted by Gasteiger charge is 2.12. The number of carbonyl (C=O) groups excluding carboxylic acids is 1. The molecule has 2 aromatic carbocycles. The van der Waals surface area contributed by atoms with Crippen molar-refractivity contribution in [2.24, 2.45) is 0 Å². The molecule has 5 nitrogen and oxygen atoms in total. The first-order valence-corrected chi connectivity index (χ1v) is 7.10. The number of carbonyl (C=O) groups is 1. The third-order valence-corrected chi connectivity index (χ3v) is 3.04. The largest absolute Gasteiger partial charge is 0.493 e. The van der Waals surface area contributed by atoms with E-state index in [1.54, 1.807) is 36.4 Å². The Morgan fingerprint density at radius 3 is 2.54 bits per heavy atom. The van der Waals surface area contributed by atoms with Gasteiger partial charge in [0.15, 0.2) is 11.5 Å². The summed E-state index contributed by atoms with van der Waals surface area (Å²) in [4.78, 5) is 11.2. The van der Waals surface area contributed by atoms with E-state index in [0.717, 1.165) is 0 Å². The summed E-state index contributed by atoms with van der Waals surface area (Å²) < 4.78 is 39.7. The van der Waals surface area contributed by atoms with Crippen molar-refractivity contribution in [1.29, 1.82) is 0 Å². The van der Waals surface area contributed by atoms with Gasteiger partial charge in [0.25, 0.3) is 0 Å². The number of hydrogen-bond acceptors (Lipinski definition) is 4. The van der Waals surface area contributed by atoms with Crippen LogP contribution in [-0.4, -0.2) is 19.6 Å². The molecule has 0 saturated heterocycles. The van der Waals surface area contributed by atoms with Gasteiger partial charge in [0.1, 0.15) is 12.4 Å². The van der Waals surface area contributed by atoms with Crippen molar-refractivity contribution in [3.05, 3.63) is 48.0 Å². The lowest BCUT2D eigenvalue weighted by Crippen LogP contribution is -2.08. The van der Waals surface area contributed by atoms with Crippen molar-refractivity contribution >= 4 is 11.6 Å². The Morgan fingerprint density at radius 2 is 1.88 bits per heavy atom. The van der Waals surface area contributed by atoms with E-state index in [9.17, 15) is 13.6 Å². The van der Waals surface area contributed by atoms with Gasteiger partial charge in [-0.25, -0.2) is 0 Å². The van der Waals surface area contributed by atoms with Gasteiger partial charge in [-0.15, -0.1) is 0 Å². The first-order valence-electron chi connectivity index (χ1n) is 7.10. The van der Waals surface area contributed by atoms with Gasteiger partial charge in [0.2, 0.25) is 5.91 Å². The number of para-hydroxylation sites is 2. The SMILES string of the molecule is COc1cc(COc2ccccc2NC(C)=O)ccc1OC(F)F. The zero-order valence-electron chi connectivity index (χ0n) is 13.2. The maximum Gasteiger partial charge on any atom is 0.387 e. The fraction of sp³-hybridized carbons (Fsp3) is 0.235. The molecule has 0 aliphatic heterocycles. The van der Waals surface area contributed by atoms with Crippen LogP contribution in [0.25, 0.3) is 0 Å². The summed E-state index contributed by atoms with van der Waals surface area (Å²) in [6.07, 6.45) is 0. The summed E-state index contributed by atoms with van der Waals surface area (Å²) >= 11 is 0. The molecule has 0 aliphatic carbocycles. The number of ether oxygens (including phenoxy) is 3. The predicted octanol–water partition coefficient (Wildman–Crippen LogP) is 3.83. The van der Waals surface area contributed by atoms with E-state index in [1.807, 2.05) is 0 Å². The van der Waals surface area contributed by atoms with Crippen LogP contribution in [0.15, 0.2) is 42.5 Å². The van der Waals surface area contributed by atoms with Crippen molar-refractivity contribution < 1.29 is 27.8 Å². The number of hydrogen-bond donors (Lipinski definition) is 1. The summed E-state index contributed by atoms with van der Waals surface area (Å²) in [5.74, 6) is 0.433. The molecule has 0 aromatic heterocycles. The monoisotopic (exact) mass is 337 g/mol. The molecule has 0 radical (unpaired) electrons. The highest BCUT2D eigenvalue weighted by Crippen LogP contribution is 2.30. The van der Waals surface area contributed by atoms with Crippen molar-refractivity contribution in [2.45, 2.75) is 20.1 Å². The summed E-state index contributed by atoms with van der Waals surface area (Å²) in [6.45, 7) is -1.35. The van der Waals surface area contributed by atoms with Gasteiger partial charge in [0, 0.05) is 6.92 Å². The Labute approximate surface area is 138 Å². The number of nitrogens with one attached hydrogen (secondary N) is 1. The second kappa shape index (κ2) is 8.14. The molecular formula is C17H17F2NO4. The molecule has 0 unspecified atom stereocenters. The lowest BCUT2D eigenvalue weighted by atomic mass is 10.2. The minimum Gasteiger partial charge on any atom is -0.493 e. The standard InChI is InChI=1S/C17H17F2NO4/c1-11(21)20-13-5-3-4-6-14(13)23-10-12-7-8-15(24-17(18)19)16(9-12)22-2/h3-9,17H,10H2,1-2H3,(H,20,21). The molecule has 2 aromatic rings. The smallest absolute Gasteiger partial charge is 0.387 e. The third-order valence-electron chi connectivity index (χ3n) is 3.04. The van der Waals surface area contributed by atoms with E-state index in [1.165, 1.54) is 20.1 Å². The molecule has 0 fully saturated rings. The van der Waals surface area contributed by atoms with E-state index in [2.05, 4.69) is 10.1 Å². The summed E-state index contributed by atoms with van der Waals surface area (Å²) in [7, 11) is 1.37. The Kier molecular flexibility index (Phi) is 5.95. The number of methoxy groups -OCH3 is 1. The molecule has 2 rings (SSSR count). The lowest BCUT2D eigenvalue weighted by Gasteiger charge is -2.14. The van der Waals surface area contributed by atoms with E-state index in [-0.39, 0.29) is 24.0 Å². The fourth-order valence-electron chi connectivity index (χ4n) is 2.04. The van der Waals surface area contributed by atoms with Crippen molar-refractivity contribution in [1.82, 2.24) is 0 Å². The summed E-state index contributed by atoms with van der Waals surface area (Å²) in [5, 5.41) is 2.67. The molecule has 1 amide bonds. The molecular weight excluding hydrogens is 320 g/mol. The first kappa shape index (κ1) is 17.5. The Hall–Kier alpha value is -2.83. The number of halogens is 2. The molecule has 0 saturated carbocycles. The number of anilines is 1. The quantitative estimate of drug-likeness (QED) is 0.834. The van der Waals surface area contributed by atoms with Crippen LogP contribution in [0.3, 0.4) is 0 Å². The number of benzene rings is 2. The van der Waals surface area contributed by atoms with Crippen LogP contribution in [0.4, 0.5) is 14.5 Å². The minimum absolute atomic E-state index is 0.0464. The Morgan fingerprint density at radius 1 is 1.12 bits per heavy atom. The summed E-state index contributed by atoms with van der Waals surface area (Å²) in [5.41, 5.74) is 1.25. The van der Waals surface area contributed by atoms with Gasteiger partial charge >= 0.3 is 6.61 Å². The molecule has 128 valence electrons. The zero-order chi connectivity index (χ0) is 17.5. The van der Waals surface area contributed by atoms with Gasteiger partial charge in [-0.3, -0.25) is 4.79 Å². The number of alkyl halides is 2. The average molecular weight is 337 g/mol. The van der Waals surface area contributed by atoms with Gasteiger partial charge < -0.3 is 19.5 Å². The van der Waals surface area contributed by atoms with E-state index in [0.29, 0.717) is 17.0 Å². The van der Waals surface area contributed by atoms with Gasteiger partial charge in [-0.1, -0.05) is 18.2 Å². The molecule has 0 bridgehead atoms. The normalized spacial score (nSPS) is 10.4. The van der Waals surface area contributed by atoms with Crippen molar-refractivity contribution in [3.8, 4) is 17.2 Å². The predicted molar refractivity (Wildman–Crippen MR) is 84.7 cm³/mol. The molecule has 0 spiro atoms. The molecule has 1 N–H and O–H groups in total. The maximum atomic E-state index is 12.3. The van der Waals surface area contributed by atoms with Crippen LogP contribution in [0, 0.1) is 0 Å². The van der Waals surface area contributed by atoms with E-state index in [4.69, 9.17) is 9.47 Å². The highest BCUT2D eigenvalue weighted by atomic mass is 19.3. The number of rotatable bonds is 7. The maximum absolute atomic E-state index is 12.3. The van der Waals surface area contributed by atoms with Gasteiger partial charge in [-0.05, 0) is 29.8 Å². The van der Waals surface area contributed by atoms with E-state index < -0.39 is 6.61 Å². The van der Waals surface area contributed by atoms with Crippen LogP contribution >= 0.6 is 0 Å². The zero-order valence-corrected chi connectivity index (χ0v) is 13.2. The average Bonchev–Trinajstić information content (AvgIpc) is 2.54. The van der Waals surface area contributed by atoms with Gasteiger partial charge in [-0.2, -0.15) is 8.78 Å². The Bertz CT molecular complexity index is 707. The lowest BCUT2D eigenvalue weighted by molar-refractivity contribution is -0.114. The Balaban J connectivity index is 2.11. The molecule has 24 heavy (non-hydrogen) atoms. The summed E-state index contributed by atoms with van der Waals surface area (Å²) in [6, 6.07) is 11.5. The fourth-order valence-corrected chi connectivity index (χ4v) is 2.04. The van der Waals surface area contributed by atoms with Crippen LogP contribution in [0.5, 0.6) is 17.2 Å². The highest BCUT2D eigenvalue weighted by molar-refractivity contribution is 5.90. The van der Waals surface area contributed by atoms with Crippen LogP contribution in [0.1, 0.15) is 12.5 Å². The third kappa shape index (κ3) is 4.84. The van der Waals surface area contributed by atoms with Crippen LogP contribution in [0.2, 0.25) is 0 Å². The molecule has 0 aliphatic rings. The van der Waals surface area contributed by atoms with Crippen molar-refractivity contribution in [3.63, 3.8) is 0 Å². The second-order valence-corrected chi connectivity index (χ2v) is 4.83. The van der Waals surface area contributed by atoms with Gasteiger partial charge in [0.05, 0.1) is 12.8 Å². The second-order valence-electron chi connectivity index (χ2n) is 4.83. The molecule has 0 heterocycles. The van der Waals surface area contributed by atoms with Crippen molar-refractivity contribution in [2.75, 3.05) is 12.4 Å². The van der Waals surface area contributed by atoms with Crippen LogP contribution < -0.4 is 19.5 Å². The minimum atomic E-state index is -2.93. The van der Waals surface area contributed by atoms with Crippen LogP contribution in [-0.2, 0) is 11.4 Å².